The van der Waals surface area contributed by atoms with E-state index in [1.807, 2.05) is 24.3 Å². The first-order chi connectivity index (χ1) is 9.37. The standard InChI is InChI=1S/C14H24N2O3S/c1-12(2)7-9-19-14-5-3-13(4-6-14)11-16-8-10-20(15,17)18/h3-6,12,16H,7-11H2,1-2H3,(H2,15,17,18). The van der Waals surface area contributed by atoms with Gasteiger partial charge < -0.3 is 10.1 Å². The number of ether oxygens (including phenoxy) is 1. The van der Waals surface area contributed by atoms with E-state index in [1.54, 1.807) is 0 Å². The molecule has 1 rings (SSSR count). The molecule has 0 aromatic heterocycles. The van der Waals surface area contributed by atoms with Gasteiger partial charge >= 0.3 is 0 Å². The van der Waals surface area contributed by atoms with Crippen molar-refractivity contribution in [2.45, 2.75) is 26.8 Å². The molecule has 1 aromatic carbocycles. The first kappa shape index (κ1) is 16.9. The Morgan fingerprint density at radius 3 is 2.45 bits per heavy atom. The summed E-state index contributed by atoms with van der Waals surface area (Å²) in [5.41, 5.74) is 1.08. The maximum atomic E-state index is 10.8. The maximum Gasteiger partial charge on any atom is 0.210 e. The summed E-state index contributed by atoms with van der Waals surface area (Å²) < 4.78 is 27.1. The van der Waals surface area contributed by atoms with Gasteiger partial charge in [-0.3, -0.25) is 0 Å². The van der Waals surface area contributed by atoms with E-state index in [1.165, 1.54) is 0 Å². The zero-order chi connectivity index (χ0) is 15.0. The van der Waals surface area contributed by atoms with Crippen molar-refractivity contribution in [1.29, 1.82) is 0 Å². The van der Waals surface area contributed by atoms with Gasteiger partial charge in [-0.05, 0) is 30.0 Å². The van der Waals surface area contributed by atoms with E-state index in [2.05, 4.69) is 19.2 Å². The molecule has 0 bridgehead atoms. The minimum atomic E-state index is -3.39. The van der Waals surface area contributed by atoms with Crippen LogP contribution < -0.4 is 15.2 Å². The Hall–Kier alpha value is -1.11. The van der Waals surface area contributed by atoms with Crippen LogP contribution in [0.4, 0.5) is 0 Å². The summed E-state index contributed by atoms with van der Waals surface area (Å²) in [4.78, 5) is 0. The lowest BCUT2D eigenvalue weighted by Gasteiger charge is -2.09. The number of nitrogens with one attached hydrogen (secondary N) is 1. The van der Waals surface area contributed by atoms with Gasteiger partial charge in [0.1, 0.15) is 5.75 Å². The minimum absolute atomic E-state index is 0.0522. The van der Waals surface area contributed by atoms with Crippen LogP contribution in [0.3, 0.4) is 0 Å². The molecule has 3 N–H and O–H groups in total. The highest BCUT2D eigenvalue weighted by atomic mass is 32.2. The predicted octanol–water partition coefficient (Wildman–Crippen LogP) is 1.49. The molecule has 1 aromatic rings. The van der Waals surface area contributed by atoms with Crippen molar-refractivity contribution >= 4 is 10.0 Å². The lowest BCUT2D eigenvalue weighted by atomic mass is 10.1. The first-order valence-electron chi connectivity index (χ1n) is 6.80. The van der Waals surface area contributed by atoms with Crippen LogP contribution in [0.5, 0.6) is 5.75 Å². The summed E-state index contributed by atoms with van der Waals surface area (Å²) in [6, 6.07) is 7.79. The maximum absolute atomic E-state index is 10.8. The molecule has 6 heteroatoms. The zero-order valence-electron chi connectivity index (χ0n) is 12.1. The number of hydrogen-bond donors (Lipinski definition) is 2. The highest BCUT2D eigenvalue weighted by Crippen LogP contribution is 2.13. The summed E-state index contributed by atoms with van der Waals surface area (Å²) >= 11 is 0. The Bertz CT molecular complexity index is 484. The molecular weight excluding hydrogens is 276 g/mol. The van der Waals surface area contributed by atoms with E-state index >= 15 is 0 Å². The number of benzene rings is 1. The van der Waals surface area contributed by atoms with E-state index in [0.717, 1.165) is 24.3 Å². The predicted molar refractivity (Wildman–Crippen MR) is 81.1 cm³/mol. The van der Waals surface area contributed by atoms with Crippen LogP contribution in [0.15, 0.2) is 24.3 Å². The summed E-state index contributed by atoms with van der Waals surface area (Å²) in [5, 5.41) is 7.95. The number of hydrogen-bond acceptors (Lipinski definition) is 4. The highest BCUT2D eigenvalue weighted by Gasteiger charge is 2.01. The number of nitrogens with two attached hydrogens (primary N) is 1. The van der Waals surface area contributed by atoms with Gasteiger partial charge in [0, 0.05) is 13.1 Å². The van der Waals surface area contributed by atoms with Gasteiger partial charge in [0.25, 0.3) is 0 Å². The number of rotatable bonds is 9. The second-order valence-corrected chi connectivity index (χ2v) is 6.95. The molecule has 0 aliphatic rings. The molecule has 0 radical (unpaired) electrons. The third-order valence-corrected chi connectivity index (χ3v) is 3.55. The van der Waals surface area contributed by atoms with Crippen LogP contribution in [-0.4, -0.2) is 27.3 Å². The molecule has 0 aliphatic carbocycles. The summed E-state index contributed by atoms with van der Waals surface area (Å²) in [6.07, 6.45) is 1.04. The van der Waals surface area contributed by atoms with Crippen molar-refractivity contribution in [2.24, 2.45) is 11.1 Å². The van der Waals surface area contributed by atoms with Crippen LogP contribution >= 0.6 is 0 Å². The average Bonchev–Trinajstić information content (AvgIpc) is 2.35. The molecule has 0 amide bonds. The fourth-order valence-corrected chi connectivity index (χ4v) is 1.99. The first-order valence-corrected chi connectivity index (χ1v) is 8.51. The third-order valence-electron chi connectivity index (χ3n) is 2.78. The minimum Gasteiger partial charge on any atom is -0.494 e. The molecule has 0 saturated carbocycles. The fourth-order valence-electron chi connectivity index (χ4n) is 1.56. The van der Waals surface area contributed by atoms with E-state index < -0.39 is 10.0 Å². The van der Waals surface area contributed by atoms with Gasteiger partial charge in [0.15, 0.2) is 0 Å². The quantitative estimate of drug-likeness (QED) is 0.677. The molecule has 0 atom stereocenters. The second kappa shape index (κ2) is 8.24. The Kier molecular flexibility index (Phi) is 6.98. The number of primary sulfonamides is 1. The molecule has 0 aliphatic heterocycles. The van der Waals surface area contributed by atoms with Crippen LogP contribution in [0.25, 0.3) is 0 Å². The van der Waals surface area contributed by atoms with E-state index in [4.69, 9.17) is 9.88 Å². The molecule has 0 fully saturated rings. The monoisotopic (exact) mass is 300 g/mol. The second-order valence-electron chi connectivity index (χ2n) is 5.22. The normalized spacial score (nSPS) is 11.8. The van der Waals surface area contributed by atoms with Gasteiger partial charge in [-0.1, -0.05) is 26.0 Å². The summed E-state index contributed by atoms with van der Waals surface area (Å²) in [6.45, 7) is 6.02. The Morgan fingerprint density at radius 1 is 1.25 bits per heavy atom. The molecule has 5 nitrogen and oxygen atoms in total. The molecule has 0 heterocycles. The zero-order valence-corrected chi connectivity index (χ0v) is 12.9. The van der Waals surface area contributed by atoms with Crippen LogP contribution in [0.1, 0.15) is 25.8 Å². The van der Waals surface area contributed by atoms with Crippen LogP contribution in [0, 0.1) is 5.92 Å². The Labute approximate surface area is 121 Å². The lowest BCUT2D eigenvalue weighted by Crippen LogP contribution is -2.26. The van der Waals surface area contributed by atoms with E-state index in [0.29, 0.717) is 19.0 Å². The van der Waals surface area contributed by atoms with Gasteiger partial charge in [0.2, 0.25) is 10.0 Å². The smallest absolute Gasteiger partial charge is 0.210 e. The van der Waals surface area contributed by atoms with Crippen molar-refractivity contribution < 1.29 is 13.2 Å². The molecule has 20 heavy (non-hydrogen) atoms. The van der Waals surface area contributed by atoms with Gasteiger partial charge in [-0.15, -0.1) is 0 Å². The van der Waals surface area contributed by atoms with E-state index in [9.17, 15) is 8.42 Å². The fraction of sp³-hybridized carbons (Fsp3) is 0.571. The van der Waals surface area contributed by atoms with Crippen molar-refractivity contribution in [3.63, 3.8) is 0 Å². The number of sulfonamides is 1. The van der Waals surface area contributed by atoms with Crippen molar-refractivity contribution in [3.05, 3.63) is 29.8 Å². The van der Waals surface area contributed by atoms with Crippen LogP contribution in [-0.2, 0) is 16.6 Å². The van der Waals surface area contributed by atoms with Crippen molar-refractivity contribution in [1.82, 2.24) is 5.32 Å². The van der Waals surface area contributed by atoms with Gasteiger partial charge in [-0.25, -0.2) is 13.6 Å². The molecule has 0 unspecified atom stereocenters. The topological polar surface area (TPSA) is 81.4 Å². The Morgan fingerprint density at radius 2 is 1.90 bits per heavy atom. The SMILES string of the molecule is CC(C)CCOc1ccc(CNCCS(N)(=O)=O)cc1. The summed E-state index contributed by atoms with van der Waals surface area (Å²) in [7, 11) is -3.39. The lowest BCUT2D eigenvalue weighted by molar-refractivity contribution is 0.289. The molecule has 0 saturated heterocycles. The highest BCUT2D eigenvalue weighted by molar-refractivity contribution is 7.89. The Balaban J connectivity index is 2.28. The van der Waals surface area contributed by atoms with Crippen molar-refractivity contribution in [2.75, 3.05) is 18.9 Å². The largest absolute Gasteiger partial charge is 0.494 e. The van der Waals surface area contributed by atoms with Crippen LogP contribution in [0.2, 0.25) is 0 Å². The average molecular weight is 300 g/mol. The van der Waals surface area contributed by atoms with Crippen molar-refractivity contribution in [3.8, 4) is 5.75 Å². The van der Waals surface area contributed by atoms with E-state index in [-0.39, 0.29) is 5.75 Å². The van der Waals surface area contributed by atoms with Gasteiger partial charge in [0.05, 0.1) is 12.4 Å². The third kappa shape index (κ3) is 8.14. The molecular formula is C14H24N2O3S. The molecule has 114 valence electrons. The summed E-state index contributed by atoms with van der Waals surface area (Å²) in [5.74, 6) is 1.44. The van der Waals surface area contributed by atoms with Gasteiger partial charge in [-0.2, -0.15) is 0 Å². The molecule has 0 spiro atoms.